The monoisotopic (exact) mass is 299 g/mol. The van der Waals surface area contributed by atoms with E-state index in [2.05, 4.69) is 4.98 Å². The van der Waals surface area contributed by atoms with E-state index in [4.69, 9.17) is 10.5 Å². The molecule has 0 aliphatic carbocycles. The van der Waals surface area contributed by atoms with Gasteiger partial charge in [0.2, 0.25) is 0 Å². The average molecular weight is 299 g/mol. The maximum absolute atomic E-state index is 12.5. The summed E-state index contributed by atoms with van der Waals surface area (Å²) >= 11 is 1.39. The lowest BCUT2D eigenvalue weighted by molar-refractivity contribution is -0.139. The van der Waals surface area contributed by atoms with E-state index in [1.807, 2.05) is 20.8 Å². The van der Waals surface area contributed by atoms with Gasteiger partial charge in [-0.2, -0.15) is 0 Å². The Morgan fingerprint density at radius 1 is 1.75 bits per heavy atom. The highest BCUT2D eigenvalue weighted by molar-refractivity contribution is 7.09. The summed E-state index contributed by atoms with van der Waals surface area (Å²) in [6.07, 6.45) is -0.353. The van der Waals surface area contributed by atoms with Crippen molar-refractivity contribution < 1.29 is 14.6 Å². The van der Waals surface area contributed by atoms with Crippen LogP contribution in [0.15, 0.2) is 5.38 Å². The fraction of sp³-hybridized carbons (Fsp3) is 0.692. The summed E-state index contributed by atoms with van der Waals surface area (Å²) in [6.45, 7) is 6.41. The lowest BCUT2D eigenvalue weighted by atomic mass is 10.0. The summed E-state index contributed by atoms with van der Waals surface area (Å²) in [6, 6.07) is -0.173. The second-order valence-electron chi connectivity index (χ2n) is 5.73. The molecule has 1 amide bonds. The molecule has 0 aromatic carbocycles. The van der Waals surface area contributed by atoms with Gasteiger partial charge >= 0.3 is 0 Å². The molecule has 20 heavy (non-hydrogen) atoms. The fourth-order valence-electron chi connectivity index (χ4n) is 2.30. The first-order valence-electron chi connectivity index (χ1n) is 6.61. The summed E-state index contributed by atoms with van der Waals surface area (Å²) in [4.78, 5) is 18.4. The highest BCUT2D eigenvalue weighted by Crippen LogP contribution is 2.23. The Bertz CT molecular complexity index is 487. The van der Waals surface area contributed by atoms with Gasteiger partial charge in [-0.25, -0.2) is 4.98 Å². The van der Waals surface area contributed by atoms with Crippen LogP contribution in [0.25, 0.3) is 0 Å². The Balaban J connectivity index is 2.14. The number of thiazole rings is 1. The van der Waals surface area contributed by atoms with Crippen LogP contribution in [0.5, 0.6) is 0 Å². The van der Waals surface area contributed by atoms with Crippen LogP contribution in [-0.4, -0.2) is 52.3 Å². The van der Waals surface area contributed by atoms with Gasteiger partial charge in [0.25, 0.3) is 5.91 Å². The van der Waals surface area contributed by atoms with Crippen LogP contribution in [0.4, 0.5) is 0 Å². The third kappa shape index (κ3) is 3.35. The number of carbonyl (C=O) groups excluding carboxylic acids is 1. The van der Waals surface area contributed by atoms with Crippen molar-refractivity contribution in [2.75, 3.05) is 19.7 Å². The first-order valence-corrected chi connectivity index (χ1v) is 7.49. The highest BCUT2D eigenvalue weighted by atomic mass is 32.1. The van der Waals surface area contributed by atoms with Gasteiger partial charge < -0.3 is 20.5 Å². The molecule has 2 heterocycles. The number of rotatable bonds is 3. The lowest BCUT2D eigenvalue weighted by Gasteiger charge is -2.42. The molecular weight excluding hydrogens is 278 g/mol. The van der Waals surface area contributed by atoms with E-state index >= 15 is 0 Å². The molecule has 1 aromatic heterocycles. The quantitative estimate of drug-likeness (QED) is 0.861. The SMILES string of the molecule is CC(N)c1nc(C(=O)N2CC(CO)OC(C)(C)C2)cs1. The van der Waals surface area contributed by atoms with E-state index in [1.54, 1.807) is 10.3 Å². The van der Waals surface area contributed by atoms with Crippen LogP contribution in [0.2, 0.25) is 0 Å². The minimum absolute atomic E-state index is 0.102. The van der Waals surface area contributed by atoms with Crippen molar-refractivity contribution in [3.05, 3.63) is 16.1 Å². The Morgan fingerprint density at radius 2 is 2.45 bits per heavy atom. The summed E-state index contributed by atoms with van der Waals surface area (Å²) in [7, 11) is 0. The van der Waals surface area contributed by atoms with E-state index < -0.39 is 5.60 Å². The van der Waals surface area contributed by atoms with Crippen LogP contribution in [0.3, 0.4) is 0 Å². The van der Waals surface area contributed by atoms with Crippen molar-refractivity contribution in [3.8, 4) is 0 Å². The van der Waals surface area contributed by atoms with Crippen molar-refractivity contribution in [2.45, 2.75) is 38.5 Å². The molecule has 3 N–H and O–H groups in total. The normalized spacial score (nSPS) is 23.6. The third-order valence-electron chi connectivity index (χ3n) is 3.10. The number of ether oxygens (including phenoxy) is 1. The van der Waals surface area contributed by atoms with Crippen molar-refractivity contribution in [2.24, 2.45) is 5.73 Å². The number of nitrogens with zero attached hydrogens (tertiary/aromatic N) is 2. The topological polar surface area (TPSA) is 88.7 Å². The summed E-state index contributed by atoms with van der Waals surface area (Å²) < 4.78 is 5.70. The second-order valence-corrected chi connectivity index (χ2v) is 6.62. The number of carbonyl (C=O) groups is 1. The molecule has 2 unspecified atom stereocenters. The van der Waals surface area contributed by atoms with Crippen LogP contribution in [0, 0.1) is 0 Å². The van der Waals surface area contributed by atoms with Gasteiger partial charge in [-0.05, 0) is 20.8 Å². The van der Waals surface area contributed by atoms with Crippen LogP contribution >= 0.6 is 11.3 Å². The summed E-state index contributed by atoms with van der Waals surface area (Å²) in [5.41, 5.74) is 5.70. The van der Waals surface area contributed by atoms with Crippen LogP contribution < -0.4 is 5.73 Å². The van der Waals surface area contributed by atoms with E-state index in [9.17, 15) is 9.90 Å². The first-order chi connectivity index (χ1) is 9.32. The summed E-state index contributed by atoms with van der Waals surface area (Å²) in [5, 5.41) is 11.8. The molecule has 2 atom stereocenters. The minimum atomic E-state index is -0.471. The molecule has 2 rings (SSSR count). The Labute approximate surface area is 122 Å². The first kappa shape index (κ1) is 15.4. The van der Waals surface area contributed by atoms with Gasteiger partial charge in [0.1, 0.15) is 10.7 Å². The smallest absolute Gasteiger partial charge is 0.273 e. The Hall–Kier alpha value is -1.02. The van der Waals surface area contributed by atoms with Crippen molar-refractivity contribution in [1.29, 1.82) is 0 Å². The molecule has 1 fully saturated rings. The molecule has 1 aliphatic heterocycles. The Kier molecular flexibility index (Phi) is 4.43. The van der Waals surface area contributed by atoms with E-state index in [0.29, 0.717) is 18.8 Å². The second kappa shape index (κ2) is 5.77. The Morgan fingerprint density at radius 3 is 3.00 bits per heavy atom. The minimum Gasteiger partial charge on any atom is -0.394 e. The number of aliphatic hydroxyl groups excluding tert-OH is 1. The molecule has 1 aromatic rings. The average Bonchev–Trinajstić information content (AvgIpc) is 2.85. The largest absolute Gasteiger partial charge is 0.394 e. The molecule has 0 saturated carbocycles. The van der Waals surface area contributed by atoms with Crippen molar-refractivity contribution in [1.82, 2.24) is 9.88 Å². The van der Waals surface area contributed by atoms with E-state index in [0.717, 1.165) is 5.01 Å². The number of morpholine rings is 1. The van der Waals surface area contributed by atoms with E-state index in [-0.39, 0.29) is 24.7 Å². The predicted octanol–water partition coefficient (Wildman–Crippen LogP) is 0.775. The molecule has 7 heteroatoms. The third-order valence-corrected chi connectivity index (χ3v) is 4.15. The lowest BCUT2D eigenvalue weighted by Crippen LogP contribution is -2.55. The molecule has 0 spiro atoms. The fourth-order valence-corrected chi connectivity index (χ4v) is 3.05. The molecule has 0 bridgehead atoms. The number of aliphatic hydroxyl groups is 1. The van der Waals surface area contributed by atoms with Crippen molar-refractivity contribution in [3.63, 3.8) is 0 Å². The number of hydrogen-bond donors (Lipinski definition) is 2. The molecular formula is C13H21N3O3S. The number of aromatic nitrogens is 1. The van der Waals surface area contributed by atoms with Gasteiger partial charge in [-0.15, -0.1) is 11.3 Å². The molecule has 0 radical (unpaired) electrons. The van der Waals surface area contributed by atoms with E-state index in [1.165, 1.54) is 11.3 Å². The molecule has 112 valence electrons. The standard InChI is InChI=1S/C13H21N3O3S/c1-8(14)11-15-10(6-20-11)12(18)16-4-9(5-17)19-13(2,3)7-16/h6,8-9,17H,4-5,7,14H2,1-3H3. The number of hydrogen-bond acceptors (Lipinski definition) is 6. The van der Waals surface area contributed by atoms with Crippen LogP contribution in [0.1, 0.15) is 42.3 Å². The van der Waals surface area contributed by atoms with Gasteiger partial charge in [-0.1, -0.05) is 0 Å². The number of amides is 1. The zero-order chi connectivity index (χ0) is 14.9. The maximum Gasteiger partial charge on any atom is 0.273 e. The van der Waals surface area contributed by atoms with Gasteiger partial charge in [0, 0.05) is 18.5 Å². The maximum atomic E-state index is 12.5. The van der Waals surface area contributed by atoms with Gasteiger partial charge in [0.05, 0.1) is 24.4 Å². The molecule has 6 nitrogen and oxygen atoms in total. The van der Waals surface area contributed by atoms with Gasteiger partial charge in [0.15, 0.2) is 0 Å². The summed E-state index contributed by atoms with van der Waals surface area (Å²) in [5.74, 6) is -0.136. The number of nitrogens with two attached hydrogens (primary N) is 1. The zero-order valence-electron chi connectivity index (χ0n) is 12.0. The predicted molar refractivity (Wildman–Crippen MR) is 76.7 cm³/mol. The molecule has 1 aliphatic rings. The van der Waals surface area contributed by atoms with Gasteiger partial charge in [-0.3, -0.25) is 4.79 Å². The van der Waals surface area contributed by atoms with Crippen LogP contribution in [-0.2, 0) is 4.74 Å². The highest BCUT2D eigenvalue weighted by Gasteiger charge is 2.36. The molecule has 1 saturated heterocycles. The zero-order valence-corrected chi connectivity index (χ0v) is 12.8. The van der Waals surface area contributed by atoms with Crippen molar-refractivity contribution >= 4 is 17.2 Å².